The van der Waals surface area contributed by atoms with Crippen LogP contribution in [0.1, 0.15) is 16.7 Å². The lowest BCUT2D eigenvalue weighted by Gasteiger charge is -2.27. The summed E-state index contributed by atoms with van der Waals surface area (Å²) in [7, 11) is 1.63. The van der Waals surface area contributed by atoms with Crippen molar-refractivity contribution in [3.05, 3.63) is 108 Å². The minimum absolute atomic E-state index is 0.323. The summed E-state index contributed by atoms with van der Waals surface area (Å²) in [5.41, 5.74) is 2.26. The first kappa shape index (κ1) is 16.2. The Labute approximate surface area is 152 Å². The first-order chi connectivity index (χ1) is 12.7. The molecular weight excluding hydrogens is 324 g/mol. The van der Waals surface area contributed by atoms with E-state index in [0.29, 0.717) is 5.57 Å². The molecular formula is C23H18O3. The number of hydrogen-bond acceptors (Lipinski definition) is 3. The molecule has 26 heavy (non-hydrogen) atoms. The molecule has 128 valence electrons. The summed E-state index contributed by atoms with van der Waals surface area (Å²) in [5.74, 6) is 0.435. The van der Waals surface area contributed by atoms with Crippen molar-refractivity contribution < 1.29 is 14.3 Å². The van der Waals surface area contributed by atoms with Gasteiger partial charge in [0.1, 0.15) is 5.75 Å². The molecule has 4 rings (SSSR count). The zero-order valence-corrected chi connectivity index (χ0v) is 14.4. The molecule has 0 saturated carbocycles. The lowest BCUT2D eigenvalue weighted by Crippen LogP contribution is -2.27. The highest BCUT2D eigenvalue weighted by molar-refractivity contribution is 6.19. The zero-order valence-electron chi connectivity index (χ0n) is 14.4. The molecule has 3 heteroatoms. The molecule has 3 aromatic rings. The SMILES string of the molecule is COc1ccc(C2(c3ccccc3)C=C(c3ccccc3)C(=O)O2)cc1. The van der Waals surface area contributed by atoms with Crippen molar-refractivity contribution >= 4 is 11.5 Å². The van der Waals surface area contributed by atoms with Gasteiger partial charge in [-0.3, -0.25) is 0 Å². The summed E-state index contributed by atoms with van der Waals surface area (Å²) >= 11 is 0. The van der Waals surface area contributed by atoms with Gasteiger partial charge in [0, 0.05) is 11.1 Å². The standard InChI is InChI=1S/C23H18O3/c1-25-20-14-12-19(13-15-20)23(18-10-6-3-7-11-18)16-21(22(24)26-23)17-8-4-2-5-9-17/h2-16H,1H3. The van der Waals surface area contributed by atoms with Crippen LogP contribution in [0.25, 0.3) is 5.57 Å². The maximum Gasteiger partial charge on any atom is 0.340 e. The van der Waals surface area contributed by atoms with Crippen LogP contribution in [-0.2, 0) is 15.1 Å². The van der Waals surface area contributed by atoms with Crippen molar-refractivity contribution in [2.75, 3.05) is 7.11 Å². The summed E-state index contributed by atoms with van der Waals surface area (Å²) in [5, 5.41) is 0. The van der Waals surface area contributed by atoms with Crippen LogP contribution in [0, 0.1) is 0 Å². The van der Waals surface area contributed by atoms with Crippen LogP contribution in [-0.4, -0.2) is 13.1 Å². The molecule has 1 aliphatic heterocycles. The summed E-state index contributed by atoms with van der Waals surface area (Å²) in [6.07, 6.45) is 1.92. The Kier molecular flexibility index (Phi) is 4.05. The normalized spacial score (nSPS) is 19.0. The average molecular weight is 342 g/mol. The fourth-order valence-corrected chi connectivity index (χ4v) is 3.29. The Hall–Kier alpha value is -3.33. The molecule has 0 aromatic heterocycles. The number of hydrogen-bond donors (Lipinski definition) is 0. The Morgan fingerprint density at radius 3 is 1.96 bits per heavy atom. The van der Waals surface area contributed by atoms with Gasteiger partial charge in [0.2, 0.25) is 0 Å². The number of ether oxygens (including phenoxy) is 2. The van der Waals surface area contributed by atoms with Gasteiger partial charge in [0.25, 0.3) is 0 Å². The minimum Gasteiger partial charge on any atom is -0.497 e. The second kappa shape index (κ2) is 6.52. The molecule has 0 bridgehead atoms. The van der Waals surface area contributed by atoms with E-state index >= 15 is 0 Å². The average Bonchev–Trinajstić information content (AvgIpc) is 3.08. The predicted octanol–water partition coefficient (Wildman–Crippen LogP) is 4.58. The fourth-order valence-electron chi connectivity index (χ4n) is 3.29. The van der Waals surface area contributed by atoms with Crippen LogP contribution >= 0.6 is 0 Å². The number of esters is 1. The van der Waals surface area contributed by atoms with Gasteiger partial charge in [-0.1, -0.05) is 72.8 Å². The number of cyclic esters (lactones) is 1. The second-order valence-corrected chi connectivity index (χ2v) is 6.14. The maximum atomic E-state index is 12.7. The van der Waals surface area contributed by atoms with E-state index < -0.39 is 5.60 Å². The minimum atomic E-state index is -0.949. The van der Waals surface area contributed by atoms with E-state index in [9.17, 15) is 4.79 Å². The van der Waals surface area contributed by atoms with Gasteiger partial charge >= 0.3 is 5.97 Å². The van der Waals surface area contributed by atoms with Gasteiger partial charge < -0.3 is 9.47 Å². The molecule has 0 fully saturated rings. The number of carbonyl (C=O) groups excluding carboxylic acids is 1. The highest BCUT2D eigenvalue weighted by Gasteiger charge is 2.43. The van der Waals surface area contributed by atoms with Gasteiger partial charge in [0.05, 0.1) is 12.7 Å². The molecule has 0 spiro atoms. The molecule has 0 N–H and O–H groups in total. The second-order valence-electron chi connectivity index (χ2n) is 6.14. The molecule has 0 saturated heterocycles. The van der Waals surface area contributed by atoms with Crippen molar-refractivity contribution in [3.63, 3.8) is 0 Å². The van der Waals surface area contributed by atoms with Crippen LogP contribution in [0.2, 0.25) is 0 Å². The predicted molar refractivity (Wildman–Crippen MR) is 101 cm³/mol. The highest BCUT2D eigenvalue weighted by atomic mass is 16.6. The van der Waals surface area contributed by atoms with Crippen LogP contribution in [0.3, 0.4) is 0 Å². The van der Waals surface area contributed by atoms with Gasteiger partial charge in [-0.05, 0) is 23.8 Å². The van der Waals surface area contributed by atoms with Crippen molar-refractivity contribution in [1.82, 2.24) is 0 Å². The van der Waals surface area contributed by atoms with Crippen molar-refractivity contribution in [3.8, 4) is 5.75 Å². The van der Waals surface area contributed by atoms with Crippen LogP contribution in [0.15, 0.2) is 91.0 Å². The number of benzene rings is 3. The number of methoxy groups -OCH3 is 1. The smallest absolute Gasteiger partial charge is 0.340 e. The molecule has 0 amide bonds. The van der Waals surface area contributed by atoms with E-state index in [4.69, 9.17) is 9.47 Å². The fraction of sp³-hybridized carbons (Fsp3) is 0.0870. The molecule has 1 aliphatic rings. The quantitative estimate of drug-likeness (QED) is 0.651. The van der Waals surface area contributed by atoms with Crippen molar-refractivity contribution in [2.45, 2.75) is 5.60 Å². The van der Waals surface area contributed by atoms with Gasteiger partial charge in [-0.15, -0.1) is 0 Å². The number of rotatable bonds is 4. The Bertz CT molecular complexity index is 944. The summed E-state index contributed by atoms with van der Waals surface area (Å²) in [6, 6.07) is 27.0. The largest absolute Gasteiger partial charge is 0.497 e. The van der Waals surface area contributed by atoms with Crippen LogP contribution in [0.4, 0.5) is 0 Å². The molecule has 3 aromatic carbocycles. The van der Waals surface area contributed by atoms with Gasteiger partial charge in [-0.2, -0.15) is 0 Å². The monoisotopic (exact) mass is 342 g/mol. The summed E-state index contributed by atoms with van der Waals surface area (Å²) < 4.78 is 11.2. The molecule has 3 nitrogen and oxygen atoms in total. The zero-order chi connectivity index (χ0) is 18.0. The highest BCUT2D eigenvalue weighted by Crippen LogP contribution is 2.43. The third kappa shape index (κ3) is 2.68. The lowest BCUT2D eigenvalue weighted by atomic mass is 9.85. The van der Waals surface area contributed by atoms with Crippen molar-refractivity contribution in [2.24, 2.45) is 0 Å². The molecule has 1 atom stereocenters. The lowest BCUT2D eigenvalue weighted by molar-refractivity contribution is -0.142. The maximum absolute atomic E-state index is 12.7. The van der Waals surface area contributed by atoms with E-state index in [-0.39, 0.29) is 5.97 Å². The first-order valence-corrected chi connectivity index (χ1v) is 8.44. The van der Waals surface area contributed by atoms with Crippen LogP contribution in [0.5, 0.6) is 5.75 Å². The third-order valence-electron chi connectivity index (χ3n) is 4.63. The Morgan fingerprint density at radius 1 is 0.769 bits per heavy atom. The van der Waals surface area contributed by atoms with E-state index in [1.165, 1.54) is 0 Å². The van der Waals surface area contributed by atoms with E-state index in [2.05, 4.69) is 0 Å². The van der Waals surface area contributed by atoms with E-state index in [1.807, 2.05) is 91.0 Å². The summed E-state index contributed by atoms with van der Waals surface area (Å²) in [6.45, 7) is 0. The third-order valence-corrected chi connectivity index (χ3v) is 4.63. The van der Waals surface area contributed by atoms with E-state index in [1.54, 1.807) is 7.11 Å². The van der Waals surface area contributed by atoms with Crippen LogP contribution < -0.4 is 4.74 Å². The molecule has 0 radical (unpaired) electrons. The van der Waals surface area contributed by atoms with E-state index in [0.717, 1.165) is 22.4 Å². The molecule has 1 heterocycles. The first-order valence-electron chi connectivity index (χ1n) is 8.44. The van der Waals surface area contributed by atoms with Gasteiger partial charge in [-0.25, -0.2) is 4.79 Å². The Morgan fingerprint density at radius 2 is 1.35 bits per heavy atom. The van der Waals surface area contributed by atoms with Crippen molar-refractivity contribution in [1.29, 1.82) is 0 Å². The summed E-state index contributed by atoms with van der Waals surface area (Å²) in [4.78, 5) is 12.7. The Balaban J connectivity index is 1.90. The number of carbonyl (C=O) groups is 1. The topological polar surface area (TPSA) is 35.5 Å². The van der Waals surface area contributed by atoms with Gasteiger partial charge in [0.15, 0.2) is 5.60 Å². The molecule has 0 aliphatic carbocycles. The molecule has 1 unspecified atom stereocenters.